The van der Waals surface area contributed by atoms with Crippen molar-refractivity contribution in [2.75, 3.05) is 6.61 Å². The first-order valence-corrected chi connectivity index (χ1v) is 30.4. The van der Waals surface area contributed by atoms with Crippen molar-refractivity contribution in [2.45, 2.75) is 340 Å². The molecule has 0 aromatic heterocycles. The van der Waals surface area contributed by atoms with Crippen molar-refractivity contribution < 1.29 is 20.1 Å². The van der Waals surface area contributed by atoms with E-state index < -0.39 is 18.2 Å². The first-order chi connectivity index (χ1) is 33.5. The van der Waals surface area contributed by atoms with E-state index in [1.54, 1.807) is 6.08 Å². The monoisotopic (exact) mass is 954 g/mol. The average molecular weight is 955 g/mol. The number of nitrogens with one attached hydrogen (secondary N) is 1. The lowest BCUT2D eigenvalue weighted by Crippen LogP contribution is -2.45. The Hall–Kier alpha value is -1.69. The first-order valence-electron chi connectivity index (χ1n) is 30.4. The molecule has 5 heteroatoms. The lowest BCUT2D eigenvalue weighted by atomic mass is 10.0. The second kappa shape index (κ2) is 57.9. The number of hydrogen-bond acceptors (Lipinski definition) is 4. The van der Waals surface area contributed by atoms with Gasteiger partial charge in [-0.15, -0.1) is 0 Å². The summed E-state index contributed by atoms with van der Waals surface area (Å²) in [5.41, 5.74) is 0. The molecule has 0 aromatic rings. The number of allylic oxidation sites excluding steroid dienone is 7. The SMILES string of the molecule is CCCCCCCCCCC/C=C\C/C=C\CCCCCCCCCCCCCCCCCC(O)CC(=O)NC(CO)C(O)/C=C/CC/C=C/CCCCCCCCCCCCCCCCCC. The molecule has 0 saturated heterocycles. The lowest BCUT2D eigenvalue weighted by molar-refractivity contribution is -0.124. The van der Waals surface area contributed by atoms with Gasteiger partial charge in [-0.05, 0) is 64.2 Å². The van der Waals surface area contributed by atoms with Gasteiger partial charge in [0.05, 0.1) is 31.3 Å². The predicted molar refractivity (Wildman–Crippen MR) is 301 cm³/mol. The van der Waals surface area contributed by atoms with Gasteiger partial charge in [0.25, 0.3) is 0 Å². The van der Waals surface area contributed by atoms with Crippen molar-refractivity contribution in [3.63, 3.8) is 0 Å². The van der Waals surface area contributed by atoms with E-state index in [1.165, 1.54) is 257 Å². The highest BCUT2D eigenvalue weighted by atomic mass is 16.3. The average Bonchev–Trinajstić information content (AvgIpc) is 3.33. The van der Waals surface area contributed by atoms with Crippen molar-refractivity contribution in [1.29, 1.82) is 0 Å². The molecular formula is C63H119NO4. The van der Waals surface area contributed by atoms with E-state index in [1.807, 2.05) is 6.08 Å². The summed E-state index contributed by atoms with van der Waals surface area (Å²) >= 11 is 0. The molecule has 68 heavy (non-hydrogen) atoms. The van der Waals surface area contributed by atoms with E-state index in [-0.39, 0.29) is 18.9 Å². The molecule has 400 valence electrons. The molecule has 0 bridgehead atoms. The Bertz CT molecular complexity index is 1100. The van der Waals surface area contributed by atoms with Crippen LogP contribution in [0.15, 0.2) is 48.6 Å². The molecule has 3 atom stereocenters. The molecule has 0 rings (SSSR count). The minimum Gasteiger partial charge on any atom is -0.394 e. The zero-order valence-electron chi connectivity index (χ0n) is 45.7. The van der Waals surface area contributed by atoms with Gasteiger partial charge >= 0.3 is 0 Å². The summed E-state index contributed by atoms with van der Waals surface area (Å²) in [7, 11) is 0. The van der Waals surface area contributed by atoms with Crippen LogP contribution in [0.25, 0.3) is 0 Å². The van der Waals surface area contributed by atoms with Crippen LogP contribution in [0.2, 0.25) is 0 Å². The fraction of sp³-hybridized carbons (Fsp3) is 0.857. The van der Waals surface area contributed by atoms with E-state index in [0.717, 1.165) is 38.5 Å². The maximum absolute atomic E-state index is 12.5. The van der Waals surface area contributed by atoms with Crippen LogP contribution in [0.5, 0.6) is 0 Å². The summed E-state index contributed by atoms with van der Waals surface area (Å²) in [6.07, 6.45) is 77.5. The van der Waals surface area contributed by atoms with Crippen LogP contribution in [-0.4, -0.2) is 46.1 Å². The summed E-state index contributed by atoms with van der Waals surface area (Å²) in [5.74, 6) is -0.322. The number of hydrogen-bond donors (Lipinski definition) is 4. The molecule has 3 unspecified atom stereocenters. The summed E-state index contributed by atoms with van der Waals surface area (Å²) < 4.78 is 0. The van der Waals surface area contributed by atoms with Crippen LogP contribution in [-0.2, 0) is 4.79 Å². The van der Waals surface area contributed by atoms with Crippen LogP contribution in [0, 0.1) is 0 Å². The van der Waals surface area contributed by atoms with Gasteiger partial charge in [-0.1, -0.05) is 300 Å². The van der Waals surface area contributed by atoms with Gasteiger partial charge in [0.2, 0.25) is 5.91 Å². The van der Waals surface area contributed by atoms with Crippen LogP contribution in [0.1, 0.15) is 322 Å². The Labute approximate surface area is 425 Å². The fourth-order valence-electron chi connectivity index (χ4n) is 9.45. The highest BCUT2D eigenvalue weighted by molar-refractivity contribution is 5.76. The Balaban J connectivity index is 3.57. The number of carbonyl (C=O) groups is 1. The Morgan fingerprint density at radius 3 is 1.03 bits per heavy atom. The molecule has 4 N–H and O–H groups in total. The van der Waals surface area contributed by atoms with Crippen molar-refractivity contribution in [1.82, 2.24) is 5.32 Å². The molecule has 5 nitrogen and oxygen atoms in total. The van der Waals surface area contributed by atoms with Gasteiger partial charge in [-0.25, -0.2) is 0 Å². The normalized spacial score (nSPS) is 13.5. The molecule has 0 radical (unpaired) electrons. The van der Waals surface area contributed by atoms with Crippen molar-refractivity contribution >= 4 is 5.91 Å². The predicted octanol–water partition coefficient (Wildman–Crippen LogP) is 19.2. The fourth-order valence-corrected chi connectivity index (χ4v) is 9.45. The Kier molecular flexibility index (Phi) is 56.4. The zero-order valence-corrected chi connectivity index (χ0v) is 45.7. The number of rotatable bonds is 56. The first kappa shape index (κ1) is 66.3. The van der Waals surface area contributed by atoms with E-state index in [9.17, 15) is 20.1 Å². The standard InChI is InChI=1S/C63H119NO4/c1-3-5-7-9-11-13-15-17-19-21-23-25-27-28-29-30-31-32-33-34-35-36-38-40-42-44-46-48-50-52-54-56-60(66)58-63(68)64-61(59-65)62(67)57-55-53-51-49-47-45-43-41-39-37-26-24-22-20-18-16-14-12-10-8-6-4-2/h23,25,28-29,47,49,55,57,60-62,65-67H,3-22,24,26-27,30-46,48,50-54,56,58-59H2,1-2H3,(H,64,68)/b25-23-,29-28-,49-47+,57-55+. The minimum atomic E-state index is -0.954. The maximum atomic E-state index is 12.5. The number of unbranched alkanes of at least 4 members (excludes halogenated alkanes) is 41. The van der Waals surface area contributed by atoms with E-state index in [2.05, 4.69) is 55.6 Å². The third-order valence-electron chi connectivity index (χ3n) is 14.1. The summed E-state index contributed by atoms with van der Waals surface area (Å²) in [6, 6.07) is -0.763. The van der Waals surface area contributed by atoms with Crippen LogP contribution >= 0.6 is 0 Å². The maximum Gasteiger partial charge on any atom is 0.222 e. The second-order valence-corrected chi connectivity index (χ2v) is 21.0. The molecule has 0 aliphatic rings. The van der Waals surface area contributed by atoms with Crippen LogP contribution < -0.4 is 5.32 Å². The van der Waals surface area contributed by atoms with Crippen LogP contribution in [0.4, 0.5) is 0 Å². The van der Waals surface area contributed by atoms with Crippen LogP contribution in [0.3, 0.4) is 0 Å². The highest BCUT2D eigenvalue weighted by Gasteiger charge is 2.20. The quantitative estimate of drug-likeness (QED) is 0.0361. The number of aliphatic hydroxyl groups excluding tert-OH is 3. The third-order valence-corrected chi connectivity index (χ3v) is 14.1. The third kappa shape index (κ3) is 53.7. The highest BCUT2D eigenvalue weighted by Crippen LogP contribution is 2.17. The minimum absolute atomic E-state index is 0.00644. The molecular weight excluding hydrogens is 835 g/mol. The van der Waals surface area contributed by atoms with E-state index >= 15 is 0 Å². The molecule has 0 aliphatic heterocycles. The summed E-state index contributed by atoms with van der Waals surface area (Å²) in [5, 5.41) is 33.5. The van der Waals surface area contributed by atoms with Crippen molar-refractivity contribution in [3.05, 3.63) is 48.6 Å². The van der Waals surface area contributed by atoms with Gasteiger partial charge in [-0.2, -0.15) is 0 Å². The van der Waals surface area contributed by atoms with Gasteiger partial charge in [0.15, 0.2) is 0 Å². The topological polar surface area (TPSA) is 89.8 Å². The number of aliphatic hydroxyl groups is 3. The Morgan fingerprint density at radius 2 is 0.676 bits per heavy atom. The van der Waals surface area contributed by atoms with Gasteiger partial charge in [0.1, 0.15) is 0 Å². The van der Waals surface area contributed by atoms with Crippen molar-refractivity contribution in [2.24, 2.45) is 0 Å². The lowest BCUT2D eigenvalue weighted by Gasteiger charge is -2.21. The number of amides is 1. The summed E-state index contributed by atoms with van der Waals surface area (Å²) in [4.78, 5) is 12.5. The molecule has 0 aromatic carbocycles. The Morgan fingerprint density at radius 1 is 0.382 bits per heavy atom. The zero-order chi connectivity index (χ0) is 49.3. The molecule has 0 heterocycles. The van der Waals surface area contributed by atoms with E-state index in [0.29, 0.717) is 6.42 Å². The molecule has 1 amide bonds. The van der Waals surface area contributed by atoms with Crippen molar-refractivity contribution in [3.8, 4) is 0 Å². The van der Waals surface area contributed by atoms with Gasteiger partial charge in [0, 0.05) is 0 Å². The van der Waals surface area contributed by atoms with E-state index in [4.69, 9.17) is 0 Å². The van der Waals surface area contributed by atoms with Gasteiger partial charge in [-0.3, -0.25) is 4.79 Å². The molecule has 0 spiro atoms. The largest absolute Gasteiger partial charge is 0.394 e. The van der Waals surface area contributed by atoms with Gasteiger partial charge < -0.3 is 20.6 Å². The molecule has 0 fully saturated rings. The smallest absolute Gasteiger partial charge is 0.222 e. The molecule has 0 aliphatic carbocycles. The molecule has 0 saturated carbocycles. The number of carbonyl (C=O) groups excluding carboxylic acids is 1. The summed E-state index contributed by atoms with van der Waals surface area (Å²) in [6.45, 7) is 4.23. The second-order valence-electron chi connectivity index (χ2n) is 21.0.